The van der Waals surface area contributed by atoms with Crippen molar-refractivity contribution in [2.45, 2.75) is 25.8 Å². The monoisotopic (exact) mass is 399 g/mol. The van der Waals surface area contributed by atoms with Crippen molar-refractivity contribution in [3.8, 4) is 5.75 Å². The van der Waals surface area contributed by atoms with Crippen LogP contribution in [-0.2, 0) is 9.59 Å². The van der Waals surface area contributed by atoms with Crippen molar-refractivity contribution in [1.82, 2.24) is 4.90 Å². The number of carbonyl (C=O) groups excluding carboxylic acids is 2. The highest BCUT2D eigenvalue weighted by Gasteiger charge is 2.39. The Morgan fingerprint density at radius 1 is 1.21 bits per heavy atom. The molecule has 1 saturated heterocycles. The van der Waals surface area contributed by atoms with E-state index in [4.69, 9.17) is 4.42 Å². The normalized spacial score (nSPS) is 19.8. The second-order valence-electron chi connectivity index (χ2n) is 7.19. The van der Waals surface area contributed by atoms with Gasteiger partial charge in [-0.3, -0.25) is 24.1 Å². The smallest absolute Gasteiger partial charge is 0.320 e. The first kappa shape index (κ1) is 18.9. The van der Waals surface area contributed by atoms with Gasteiger partial charge >= 0.3 is 5.97 Å². The Kier molecular flexibility index (Phi) is 4.27. The highest BCUT2D eigenvalue weighted by Crippen LogP contribution is 2.39. The number of aryl methyl sites for hydroxylation is 1. The van der Waals surface area contributed by atoms with Crippen molar-refractivity contribution in [3.05, 3.63) is 44.8 Å². The quantitative estimate of drug-likeness (QED) is 0.652. The molecule has 1 aromatic carbocycles. The lowest BCUT2D eigenvalue weighted by atomic mass is 9.86. The number of rotatable bonds is 3. The van der Waals surface area contributed by atoms with Crippen LogP contribution in [0, 0.1) is 6.92 Å². The number of carboxylic acid groups (broad SMARTS) is 1. The molecule has 2 aliphatic rings. The maximum atomic E-state index is 12.7. The predicted molar refractivity (Wildman–Crippen MR) is 100 cm³/mol. The van der Waals surface area contributed by atoms with Crippen molar-refractivity contribution >= 4 is 34.3 Å². The van der Waals surface area contributed by atoms with Crippen LogP contribution in [0.2, 0.25) is 0 Å². The molecule has 0 bridgehead atoms. The van der Waals surface area contributed by atoms with Crippen LogP contribution in [0.15, 0.2) is 26.9 Å². The minimum absolute atomic E-state index is 0.0749. The standard InChI is InChI=1S/C20H17NO8/c1-8-5-12(22)15-13(29-8)6-9-14(19(15)26)16(23)10(18(25)17(9)24)7-21-4-2-3-11(21)20(27)28/h5-6,11,23,26H,2-4,7H2,1H3,(H,27,28)/t11-/m0/s1. The summed E-state index contributed by atoms with van der Waals surface area (Å²) in [6.07, 6.45) is 0.985. The summed E-state index contributed by atoms with van der Waals surface area (Å²) >= 11 is 0. The van der Waals surface area contributed by atoms with Gasteiger partial charge in [-0.25, -0.2) is 0 Å². The fraction of sp³-hybridized carbons (Fsp3) is 0.300. The molecule has 1 atom stereocenters. The van der Waals surface area contributed by atoms with Gasteiger partial charge in [0.15, 0.2) is 5.43 Å². The van der Waals surface area contributed by atoms with Gasteiger partial charge in [0.1, 0.15) is 34.3 Å². The summed E-state index contributed by atoms with van der Waals surface area (Å²) in [5, 5.41) is 30.5. The molecule has 1 aliphatic carbocycles. The Balaban J connectivity index is 1.91. The van der Waals surface area contributed by atoms with E-state index < -0.39 is 40.5 Å². The van der Waals surface area contributed by atoms with Gasteiger partial charge in [0.2, 0.25) is 11.6 Å². The van der Waals surface area contributed by atoms with Gasteiger partial charge in [-0.2, -0.15) is 0 Å². The van der Waals surface area contributed by atoms with Gasteiger partial charge in [-0.05, 0) is 32.4 Å². The van der Waals surface area contributed by atoms with Crippen molar-refractivity contribution in [2.75, 3.05) is 13.1 Å². The highest BCUT2D eigenvalue weighted by molar-refractivity contribution is 6.52. The van der Waals surface area contributed by atoms with Crippen LogP contribution in [0.5, 0.6) is 5.75 Å². The first-order chi connectivity index (χ1) is 13.7. The van der Waals surface area contributed by atoms with Crippen molar-refractivity contribution in [3.63, 3.8) is 0 Å². The Labute approximate surface area is 163 Å². The predicted octanol–water partition coefficient (Wildman–Crippen LogP) is 1.39. The lowest BCUT2D eigenvalue weighted by molar-refractivity contribution is -0.142. The number of hydrogen-bond donors (Lipinski definition) is 3. The van der Waals surface area contributed by atoms with Gasteiger partial charge in [-0.15, -0.1) is 0 Å². The molecule has 1 fully saturated rings. The number of phenolic OH excluding ortho intramolecular Hbond substituents is 1. The summed E-state index contributed by atoms with van der Waals surface area (Å²) in [4.78, 5) is 50.5. The molecule has 9 heteroatoms. The third kappa shape index (κ3) is 2.82. The number of aliphatic carboxylic acids is 1. The van der Waals surface area contributed by atoms with Crippen LogP contribution in [0.4, 0.5) is 0 Å². The molecule has 1 aliphatic heterocycles. The molecule has 2 heterocycles. The van der Waals surface area contributed by atoms with Gasteiger partial charge in [0.05, 0.1) is 11.1 Å². The Hall–Kier alpha value is -3.46. The fourth-order valence-corrected chi connectivity index (χ4v) is 4.00. The molecule has 1 aromatic heterocycles. The maximum absolute atomic E-state index is 12.7. The number of carbonyl (C=O) groups is 3. The summed E-state index contributed by atoms with van der Waals surface area (Å²) < 4.78 is 5.39. The number of aliphatic hydroxyl groups excluding tert-OH is 1. The molecule has 3 N–H and O–H groups in total. The molecule has 0 saturated carbocycles. The van der Waals surface area contributed by atoms with E-state index in [-0.39, 0.29) is 40.0 Å². The van der Waals surface area contributed by atoms with Crippen LogP contribution in [0.25, 0.3) is 16.7 Å². The summed E-state index contributed by atoms with van der Waals surface area (Å²) in [5.41, 5.74) is -1.53. The second-order valence-corrected chi connectivity index (χ2v) is 7.19. The fourth-order valence-electron chi connectivity index (χ4n) is 4.00. The first-order valence-corrected chi connectivity index (χ1v) is 8.99. The van der Waals surface area contributed by atoms with E-state index in [9.17, 15) is 34.5 Å². The minimum Gasteiger partial charge on any atom is -0.507 e. The largest absolute Gasteiger partial charge is 0.507 e. The molecular weight excluding hydrogens is 382 g/mol. The lowest BCUT2D eigenvalue weighted by Crippen LogP contribution is -2.40. The van der Waals surface area contributed by atoms with Crippen molar-refractivity contribution in [1.29, 1.82) is 0 Å². The number of ketones is 2. The van der Waals surface area contributed by atoms with E-state index in [1.807, 2.05) is 0 Å². The third-order valence-electron chi connectivity index (χ3n) is 5.37. The van der Waals surface area contributed by atoms with Gasteiger partial charge < -0.3 is 19.7 Å². The van der Waals surface area contributed by atoms with E-state index in [0.29, 0.717) is 19.4 Å². The van der Waals surface area contributed by atoms with E-state index in [1.165, 1.54) is 11.8 Å². The molecule has 0 amide bonds. The molecule has 2 aromatic rings. The number of Topliss-reactive ketones (excluding diaryl/α,β-unsaturated/α-hetero) is 2. The lowest BCUT2D eigenvalue weighted by Gasteiger charge is -2.25. The van der Waals surface area contributed by atoms with Crippen LogP contribution in [0.1, 0.15) is 34.5 Å². The van der Waals surface area contributed by atoms with Gasteiger partial charge in [-0.1, -0.05) is 0 Å². The highest BCUT2D eigenvalue weighted by atomic mass is 16.4. The molecule has 150 valence electrons. The average Bonchev–Trinajstić information content (AvgIpc) is 3.11. The number of aromatic hydroxyl groups is 1. The summed E-state index contributed by atoms with van der Waals surface area (Å²) in [6, 6.07) is 1.48. The molecule has 29 heavy (non-hydrogen) atoms. The van der Waals surface area contributed by atoms with E-state index in [0.717, 1.165) is 12.1 Å². The number of nitrogens with zero attached hydrogens (tertiary/aromatic N) is 1. The molecule has 0 spiro atoms. The summed E-state index contributed by atoms with van der Waals surface area (Å²) in [5.74, 6) is -4.05. The number of fused-ring (bicyclic) bond motifs is 2. The zero-order chi connectivity index (χ0) is 21.0. The summed E-state index contributed by atoms with van der Waals surface area (Å²) in [7, 11) is 0. The van der Waals surface area contributed by atoms with Gasteiger partial charge in [0.25, 0.3) is 0 Å². The third-order valence-corrected chi connectivity index (χ3v) is 5.37. The Bertz CT molecular complexity index is 1190. The summed E-state index contributed by atoms with van der Waals surface area (Å²) in [6.45, 7) is 1.65. The zero-order valence-electron chi connectivity index (χ0n) is 15.4. The SMILES string of the molecule is Cc1cc(=O)c2c(O)c3c(cc2o1)C(=O)C(=O)C(CN1CCC[C@H]1C(=O)O)=C3O. The number of likely N-dealkylation sites (tertiary alicyclic amines) is 1. The van der Waals surface area contributed by atoms with Crippen LogP contribution < -0.4 is 5.43 Å². The van der Waals surface area contributed by atoms with E-state index >= 15 is 0 Å². The Morgan fingerprint density at radius 2 is 1.93 bits per heavy atom. The number of aliphatic hydroxyl groups is 1. The molecule has 0 unspecified atom stereocenters. The number of phenols is 1. The average molecular weight is 399 g/mol. The molecular formula is C20H17NO8. The number of carboxylic acids is 1. The molecule has 0 radical (unpaired) electrons. The van der Waals surface area contributed by atoms with Crippen molar-refractivity contribution < 1.29 is 34.1 Å². The van der Waals surface area contributed by atoms with E-state index in [2.05, 4.69) is 0 Å². The Morgan fingerprint density at radius 3 is 2.62 bits per heavy atom. The molecule has 9 nitrogen and oxygen atoms in total. The zero-order valence-corrected chi connectivity index (χ0v) is 15.4. The number of benzene rings is 1. The second kappa shape index (κ2) is 6.56. The van der Waals surface area contributed by atoms with Crippen LogP contribution in [0.3, 0.4) is 0 Å². The van der Waals surface area contributed by atoms with Crippen LogP contribution >= 0.6 is 0 Å². The minimum atomic E-state index is -1.06. The van der Waals surface area contributed by atoms with Crippen molar-refractivity contribution in [2.24, 2.45) is 0 Å². The van der Waals surface area contributed by atoms with Crippen LogP contribution in [-0.4, -0.2) is 56.9 Å². The van der Waals surface area contributed by atoms with Gasteiger partial charge in [0, 0.05) is 18.2 Å². The molecule has 4 rings (SSSR count). The maximum Gasteiger partial charge on any atom is 0.320 e. The first-order valence-electron chi connectivity index (χ1n) is 8.99. The van der Waals surface area contributed by atoms with E-state index in [1.54, 1.807) is 0 Å². The topological polar surface area (TPSA) is 145 Å². The number of hydrogen-bond acceptors (Lipinski definition) is 8.